The minimum Gasteiger partial charge on any atom is -0.437 e. The van der Waals surface area contributed by atoms with Crippen LogP contribution in [0.2, 0.25) is 0 Å². The molecule has 0 amide bonds. The summed E-state index contributed by atoms with van der Waals surface area (Å²) in [5.41, 5.74) is 0. The highest BCUT2D eigenvalue weighted by Gasteiger charge is 2.10. The van der Waals surface area contributed by atoms with Crippen molar-refractivity contribution in [2.24, 2.45) is 0 Å². The second-order valence-corrected chi connectivity index (χ2v) is 5.89. The highest BCUT2D eigenvalue weighted by molar-refractivity contribution is 9.10. The van der Waals surface area contributed by atoms with Gasteiger partial charge in [0.25, 0.3) is 0 Å². The van der Waals surface area contributed by atoms with Crippen LogP contribution in [-0.4, -0.2) is 21.5 Å². The van der Waals surface area contributed by atoms with Gasteiger partial charge in [-0.3, -0.25) is 4.98 Å². The molecule has 0 aliphatic heterocycles. The molecule has 5 nitrogen and oxygen atoms in total. The van der Waals surface area contributed by atoms with Crippen molar-refractivity contribution in [1.29, 1.82) is 0 Å². The lowest BCUT2D eigenvalue weighted by Gasteiger charge is -2.12. The van der Waals surface area contributed by atoms with Gasteiger partial charge in [0.15, 0.2) is 0 Å². The van der Waals surface area contributed by atoms with Gasteiger partial charge in [0, 0.05) is 29.2 Å². The van der Waals surface area contributed by atoms with Gasteiger partial charge in [-0.05, 0) is 28.4 Å². The van der Waals surface area contributed by atoms with Crippen molar-refractivity contribution in [3.8, 4) is 11.6 Å². The summed E-state index contributed by atoms with van der Waals surface area (Å²) in [5.74, 6) is 2.94. The van der Waals surface area contributed by atoms with Gasteiger partial charge in [-0.25, -0.2) is 4.98 Å². The lowest BCUT2D eigenvalue weighted by Crippen LogP contribution is -2.07. The Morgan fingerprint density at radius 2 is 2.05 bits per heavy atom. The smallest absolute Gasteiger partial charge is 0.224 e. The van der Waals surface area contributed by atoms with E-state index in [1.807, 2.05) is 12.1 Å². The van der Waals surface area contributed by atoms with Crippen LogP contribution in [0.5, 0.6) is 11.6 Å². The Labute approximate surface area is 133 Å². The van der Waals surface area contributed by atoms with Crippen molar-refractivity contribution in [1.82, 2.24) is 15.0 Å². The van der Waals surface area contributed by atoms with E-state index in [2.05, 4.69) is 57.0 Å². The molecule has 1 N–H and O–H groups in total. The fourth-order valence-electron chi connectivity index (χ4n) is 1.67. The van der Waals surface area contributed by atoms with Crippen molar-refractivity contribution >= 4 is 21.7 Å². The Morgan fingerprint density at radius 1 is 1.24 bits per heavy atom. The van der Waals surface area contributed by atoms with E-state index in [1.165, 1.54) is 0 Å². The zero-order valence-corrected chi connectivity index (χ0v) is 14.0. The van der Waals surface area contributed by atoms with Crippen molar-refractivity contribution in [2.75, 3.05) is 11.9 Å². The molecule has 0 saturated heterocycles. The van der Waals surface area contributed by atoms with E-state index in [9.17, 15) is 0 Å². The normalized spacial score (nSPS) is 10.7. The van der Waals surface area contributed by atoms with E-state index in [4.69, 9.17) is 4.74 Å². The van der Waals surface area contributed by atoms with E-state index < -0.39 is 0 Å². The SMILES string of the molecule is CCCNc1cc(Oc2cncc(Br)c2)nc(C(C)C)n1. The third-order valence-electron chi connectivity index (χ3n) is 2.69. The molecule has 0 unspecified atom stereocenters. The van der Waals surface area contributed by atoms with Crippen molar-refractivity contribution in [3.63, 3.8) is 0 Å². The lowest BCUT2D eigenvalue weighted by atomic mass is 10.2. The molecule has 112 valence electrons. The first-order chi connectivity index (χ1) is 10.1. The number of rotatable bonds is 6. The van der Waals surface area contributed by atoms with Crippen LogP contribution in [0.3, 0.4) is 0 Å². The average molecular weight is 351 g/mol. The van der Waals surface area contributed by atoms with Crippen LogP contribution in [0.1, 0.15) is 38.9 Å². The molecule has 2 rings (SSSR count). The number of hydrogen-bond donors (Lipinski definition) is 1. The van der Waals surface area contributed by atoms with Crippen LogP contribution in [-0.2, 0) is 0 Å². The highest BCUT2D eigenvalue weighted by atomic mass is 79.9. The molecule has 0 atom stereocenters. The molecule has 2 aromatic heterocycles. The van der Waals surface area contributed by atoms with Gasteiger partial charge in [0.1, 0.15) is 17.4 Å². The average Bonchev–Trinajstić information content (AvgIpc) is 2.45. The van der Waals surface area contributed by atoms with Crippen LogP contribution in [0.15, 0.2) is 29.0 Å². The molecule has 0 aliphatic rings. The quantitative estimate of drug-likeness (QED) is 0.837. The minimum atomic E-state index is 0.233. The van der Waals surface area contributed by atoms with Crippen molar-refractivity contribution in [2.45, 2.75) is 33.1 Å². The van der Waals surface area contributed by atoms with Crippen LogP contribution >= 0.6 is 15.9 Å². The number of halogens is 1. The zero-order chi connectivity index (χ0) is 15.2. The number of nitrogens with one attached hydrogen (secondary N) is 1. The van der Waals surface area contributed by atoms with Gasteiger partial charge in [-0.1, -0.05) is 20.8 Å². The summed E-state index contributed by atoms with van der Waals surface area (Å²) in [4.78, 5) is 13.0. The summed E-state index contributed by atoms with van der Waals surface area (Å²) in [7, 11) is 0. The molecule has 6 heteroatoms. The lowest BCUT2D eigenvalue weighted by molar-refractivity contribution is 0.455. The van der Waals surface area contributed by atoms with Crippen LogP contribution < -0.4 is 10.1 Å². The Bertz CT molecular complexity index is 604. The van der Waals surface area contributed by atoms with Gasteiger partial charge >= 0.3 is 0 Å². The number of nitrogens with zero attached hydrogens (tertiary/aromatic N) is 3. The molecule has 2 aromatic rings. The molecular weight excluding hydrogens is 332 g/mol. The first-order valence-corrected chi connectivity index (χ1v) is 7.79. The third-order valence-corrected chi connectivity index (χ3v) is 3.13. The first kappa shape index (κ1) is 15.7. The largest absolute Gasteiger partial charge is 0.437 e. The fourth-order valence-corrected chi connectivity index (χ4v) is 2.01. The predicted octanol–water partition coefficient (Wildman–Crippen LogP) is 4.37. The van der Waals surface area contributed by atoms with E-state index in [0.29, 0.717) is 11.6 Å². The second kappa shape index (κ2) is 7.36. The molecule has 0 bridgehead atoms. The van der Waals surface area contributed by atoms with Crippen LogP contribution in [0.4, 0.5) is 5.82 Å². The number of aromatic nitrogens is 3. The van der Waals surface area contributed by atoms with Crippen molar-refractivity contribution in [3.05, 3.63) is 34.8 Å². The molecule has 0 aliphatic carbocycles. The second-order valence-electron chi connectivity index (χ2n) is 4.97. The summed E-state index contributed by atoms with van der Waals surface area (Å²) in [6.07, 6.45) is 4.40. The molecule has 0 aromatic carbocycles. The Balaban J connectivity index is 2.26. The number of pyridine rings is 1. The van der Waals surface area contributed by atoms with E-state index in [0.717, 1.165) is 29.1 Å². The standard InChI is InChI=1S/C15H19BrN4O/c1-4-5-18-13-7-14(20-15(19-13)10(2)3)21-12-6-11(16)8-17-9-12/h6-10H,4-5H2,1-3H3,(H,18,19,20). The molecule has 0 fully saturated rings. The first-order valence-electron chi connectivity index (χ1n) is 6.99. The topological polar surface area (TPSA) is 59.9 Å². The number of ether oxygens (including phenoxy) is 1. The maximum atomic E-state index is 5.79. The Kier molecular flexibility index (Phi) is 5.50. The molecule has 0 saturated carbocycles. The summed E-state index contributed by atoms with van der Waals surface area (Å²) in [6.45, 7) is 7.10. The van der Waals surface area contributed by atoms with Gasteiger partial charge in [0.05, 0.1) is 6.20 Å². The number of hydrogen-bond acceptors (Lipinski definition) is 5. The predicted molar refractivity (Wildman–Crippen MR) is 86.9 cm³/mol. The summed E-state index contributed by atoms with van der Waals surface area (Å²) in [5, 5.41) is 3.27. The van der Waals surface area contributed by atoms with E-state index >= 15 is 0 Å². The minimum absolute atomic E-state index is 0.233. The maximum absolute atomic E-state index is 5.79. The highest BCUT2D eigenvalue weighted by Crippen LogP contribution is 2.25. The molecule has 21 heavy (non-hydrogen) atoms. The van der Waals surface area contributed by atoms with Gasteiger partial charge in [-0.15, -0.1) is 0 Å². The van der Waals surface area contributed by atoms with E-state index in [1.54, 1.807) is 12.4 Å². The van der Waals surface area contributed by atoms with Gasteiger partial charge in [-0.2, -0.15) is 4.98 Å². The Hall–Kier alpha value is -1.69. The van der Waals surface area contributed by atoms with Crippen LogP contribution in [0.25, 0.3) is 0 Å². The van der Waals surface area contributed by atoms with Gasteiger partial charge < -0.3 is 10.1 Å². The van der Waals surface area contributed by atoms with Crippen LogP contribution in [0, 0.1) is 0 Å². The molecule has 0 spiro atoms. The zero-order valence-electron chi connectivity index (χ0n) is 12.4. The summed E-state index contributed by atoms with van der Waals surface area (Å²) >= 11 is 3.37. The Morgan fingerprint density at radius 3 is 2.71 bits per heavy atom. The third kappa shape index (κ3) is 4.67. The molecule has 0 radical (unpaired) electrons. The van der Waals surface area contributed by atoms with E-state index in [-0.39, 0.29) is 5.92 Å². The molecule has 2 heterocycles. The summed E-state index contributed by atoms with van der Waals surface area (Å²) < 4.78 is 6.65. The number of anilines is 1. The molecular formula is C15H19BrN4O. The van der Waals surface area contributed by atoms with Gasteiger partial charge in [0.2, 0.25) is 5.88 Å². The fraction of sp³-hybridized carbons (Fsp3) is 0.400. The summed E-state index contributed by atoms with van der Waals surface area (Å²) in [6, 6.07) is 3.66. The van der Waals surface area contributed by atoms with Crippen molar-refractivity contribution < 1.29 is 4.74 Å². The maximum Gasteiger partial charge on any atom is 0.224 e. The monoisotopic (exact) mass is 350 g/mol.